The fraction of sp³-hybridized carbons (Fsp3) is 0.217. The summed E-state index contributed by atoms with van der Waals surface area (Å²) in [6.07, 6.45) is 2.99. The fourth-order valence-electron chi connectivity index (χ4n) is 2.88. The van der Waals surface area contributed by atoms with Crippen LogP contribution in [-0.4, -0.2) is 4.98 Å². The van der Waals surface area contributed by atoms with Gasteiger partial charge in [0.25, 0.3) is 0 Å². The molecule has 0 bridgehead atoms. The summed E-state index contributed by atoms with van der Waals surface area (Å²) in [7, 11) is 0. The Morgan fingerprint density at radius 1 is 1.19 bits per heavy atom. The lowest BCUT2D eigenvalue weighted by Gasteiger charge is -2.05. The molecule has 0 saturated carbocycles. The van der Waals surface area contributed by atoms with Gasteiger partial charge >= 0.3 is 0 Å². The number of thiazole rings is 1. The minimum atomic E-state index is 0.600. The van der Waals surface area contributed by atoms with E-state index in [-0.39, 0.29) is 0 Å². The van der Waals surface area contributed by atoms with E-state index in [1.54, 1.807) is 0 Å². The quantitative estimate of drug-likeness (QED) is 0.496. The van der Waals surface area contributed by atoms with Crippen molar-refractivity contribution in [3.05, 3.63) is 75.6 Å². The third-order valence-electron chi connectivity index (χ3n) is 4.10. The molecule has 0 unspecified atom stereocenters. The van der Waals surface area contributed by atoms with E-state index in [0.717, 1.165) is 28.2 Å². The maximum atomic E-state index is 9.56. The highest BCUT2D eigenvalue weighted by Crippen LogP contribution is 2.27. The van der Waals surface area contributed by atoms with E-state index in [9.17, 15) is 5.26 Å². The van der Waals surface area contributed by atoms with Gasteiger partial charge in [0, 0.05) is 10.9 Å². The molecule has 0 saturated heterocycles. The minimum Gasteiger partial charge on any atom is -0.235 e. The first-order valence-corrected chi connectivity index (χ1v) is 9.67. The van der Waals surface area contributed by atoms with Crippen molar-refractivity contribution >= 4 is 23.0 Å². The van der Waals surface area contributed by atoms with Crippen LogP contribution in [-0.2, 0) is 6.42 Å². The average Bonchev–Trinajstić information content (AvgIpc) is 3.10. The highest BCUT2D eigenvalue weighted by molar-refractivity contribution is 7.11. The SMILES string of the molecule is Cc1cccc(/C=C(\C#N)c2nc(-c3ccc(CC(C)C)cc3)cs2)c1. The predicted molar refractivity (Wildman–Crippen MR) is 111 cm³/mol. The monoisotopic (exact) mass is 358 g/mol. The lowest BCUT2D eigenvalue weighted by molar-refractivity contribution is 0.647. The zero-order chi connectivity index (χ0) is 18.5. The van der Waals surface area contributed by atoms with Gasteiger partial charge in [-0.15, -0.1) is 11.3 Å². The fourth-order valence-corrected chi connectivity index (χ4v) is 3.68. The molecule has 1 heterocycles. The normalized spacial score (nSPS) is 11.6. The van der Waals surface area contributed by atoms with Crippen LogP contribution in [0.3, 0.4) is 0 Å². The summed E-state index contributed by atoms with van der Waals surface area (Å²) in [4.78, 5) is 4.69. The van der Waals surface area contributed by atoms with E-state index >= 15 is 0 Å². The maximum absolute atomic E-state index is 9.56. The average molecular weight is 359 g/mol. The first kappa shape index (κ1) is 18.1. The van der Waals surface area contributed by atoms with Gasteiger partial charge in [0.1, 0.15) is 11.1 Å². The van der Waals surface area contributed by atoms with Gasteiger partial charge in [-0.3, -0.25) is 0 Å². The molecule has 0 amide bonds. The van der Waals surface area contributed by atoms with Crippen LogP contribution in [0.1, 0.15) is 35.5 Å². The Morgan fingerprint density at radius 3 is 2.62 bits per heavy atom. The summed E-state index contributed by atoms with van der Waals surface area (Å²) >= 11 is 1.51. The molecule has 0 aliphatic carbocycles. The molecule has 3 rings (SSSR count). The largest absolute Gasteiger partial charge is 0.235 e. The van der Waals surface area contributed by atoms with Crippen molar-refractivity contribution in [2.75, 3.05) is 0 Å². The Kier molecular flexibility index (Phi) is 5.65. The number of benzene rings is 2. The van der Waals surface area contributed by atoms with Crippen molar-refractivity contribution in [2.24, 2.45) is 5.92 Å². The summed E-state index contributed by atoms with van der Waals surface area (Å²) in [6.45, 7) is 6.50. The number of allylic oxidation sites excluding steroid dienone is 1. The lowest BCUT2D eigenvalue weighted by atomic mass is 10.0. The Hall–Kier alpha value is -2.70. The number of rotatable bonds is 5. The summed E-state index contributed by atoms with van der Waals surface area (Å²) in [6, 6.07) is 19.0. The van der Waals surface area contributed by atoms with E-state index in [4.69, 9.17) is 0 Å². The van der Waals surface area contributed by atoms with Gasteiger partial charge < -0.3 is 0 Å². The molecular weight excluding hydrogens is 336 g/mol. The van der Waals surface area contributed by atoms with Gasteiger partial charge in [0.2, 0.25) is 0 Å². The minimum absolute atomic E-state index is 0.600. The van der Waals surface area contributed by atoms with Gasteiger partial charge in [-0.2, -0.15) is 5.26 Å². The van der Waals surface area contributed by atoms with Crippen LogP contribution in [0.2, 0.25) is 0 Å². The van der Waals surface area contributed by atoms with Crippen LogP contribution in [0.4, 0.5) is 0 Å². The number of aromatic nitrogens is 1. The van der Waals surface area contributed by atoms with Crippen LogP contribution in [0.5, 0.6) is 0 Å². The molecule has 26 heavy (non-hydrogen) atoms. The third kappa shape index (κ3) is 4.47. The highest BCUT2D eigenvalue weighted by atomic mass is 32.1. The smallest absolute Gasteiger partial charge is 0.134 e. The predicted octanol–water partition coefficient (Wildman–Crippen LogP) is 6.38. The van der Waals surface area contributed by atoms with Gasteiger partial charge in [-0.05, 0) is 36.5 Å². The Balaban J connectivity index is 1.85. The molecule has 3 heteroatoms. The Labute approximate surface area is 159 Å². The topological polar surface area (TPSA) is 36.7 Å². The maximum Gasteiger partial charge on any atom is 0.134 e. The van der Waals surface area contributed by atoms with Crippen molar-refractivity contribution in [1.82, 2.24) is 4.98 Å². The lowest BCUT2D eigenvalue weighted by Crippen LogP contribution is -1.93. The molecule has 0 radical (unpaired) electrons. The van der Waals surface area contributed by atoms with Crippen LogP contribution in [0.25, 0.3) is 22.9 Å². The van der Waals surface area contributed by atoms with Gasteiger partial charge in [0.15, 0.2) is 0 Å². The second-order valence-electron chi connectivity index (χ2n) is 6.92. The van der Waals surface area contributed by atoms with Gasteiger partial charge in [0.05, 0.1) is 11.3 Å². The summed E-state index contributed by atoms with van der Waals surface area (Å²) in [5, 5.41) is 12.3. The van der Waals surface area contributed by atoms with Crippen molar-refractivity contribution in [1.29, 1.82) is 5.26 Å². The molecular formula is C23H22N2S. The number of hydrogen-bond acceptors (Lipinski definition) is 3. The van der Waals surface area contributed by atoms with Crippen molar-refractivity contribution in [2.45, 2.75) is 27.2 Å². The molecule has 0 fully saturated rings. The Morgan fingerprint density at radius 2 is 1.96 bits per heavy atom. The molecule has 2 aromatic carbocycles. The zero-order valence-corrected chi connectivity index (χ0v) is 16.2. The van der Waals surface area contributed by atoms with E-state index in [1.165, 1.54) is 22.5 Å². The number of aryl methyl sites for hydroxylation is 1. The van der Waals surface area contributed by atoms with E-state index in [2.05, 4.69) is 55.2 Å². The summed E-state index contributed by atoms with van der Waals surface area (Å²) in [5.41, 5.74) is 6.16. The van der Waals surface area contributed by atoms with Crippen LogP contribution < -0.4 is 0 Å². The second kappa shape index (κ2) is 8.12. The second-order valence-corrected chi connectivity index (χ2v) is 7.77. The molecule has 0 aliphatic rings. The number of nitriles is 1. The van der Waals surface area contributed by atoms with Crippen molar-refractivity contribution < 1.29 is 0 Å². The number of hydrogen-bond donors (Lipinski definition) is 0. The molecule has 0 spiro atoms. The zero-order valence-electron chi connectivity index (χ0n) is 15.4. The van der Waals surface area contributed by atoms with Gasteiger partial charge in [-0.1, -0.05) is 67.9 Å². The standard InChI is InChI=1S/C23H22N2S/c1-16(2)11-18-7-9-20(10-8-18)22-15-26-23(25-22)21(14-24)13-19-6-4-5-17(3)12-19/h4-10,12-13,15-16H,11H2,1-3H3/b21-13+. The van der Waals surface area contributed by atoms with E-state index in [1.807, 2.05) is 36.6 Å². The Bertz CT molecular complexity index is 956. The molecule has 130 valence electrons. The first-order chi connectivity index (χ1) is 12.5. The van der Waals surface area contributed by atoms with Gasteiger partial charge in [-0.25, -0.2) is 4.98 Å². The van der Waals surface area contributed by atoms with Crippen molar-refractivity contribution in [3.63, 3.8) is 0 Å². The third-order valence-corrected chi connectivity index (χ3v) is 4.98. The molecule has 0 N–H and O–H groups in total. The van der Waals surface area contributed by atoms with Crippen molar-refractivity contribution in [3.8, 4) is 17.3 Å². The number of nitrogens with zero attached hydrogens (tertiary/aromatic N) is 2. The van der Waals surface area contributed by atoms with Crippen LogP contribution in [0.15, 0.2) is 53.9 Å². The van der Waals surface area contributed by atoms with Crippen LogP contribution in [0, 0.1) is 24.2 Å². The molecule has 1 aromatic heterocycles. The first-order valence-electron chi connectivity index (χ1n) is 8.79. The van der Waals surface area contributed by atoms with E-state index in [0.29, 0.717) is 11.5 Å². The van der Waals surface area contributed by atoms with E-state index < -0.39 is 0 Å². The molecule has 2 nitrogen and oxygen atoms in total. The summed E-state index contributed by atoms with van der Waals surface area (Å²) in [5.74, 6) is 0.650. The van der Waals surface area contributed by atoms with Crippen LogP contribution >= 0.6 is 11.3 Å². The highest BCUT2D eigenvalue weighted by Gasteiger charge is 2.09. The molecule has 0 atom stereocenters. The summed E-state index contributed by atoms with van der Waals surface area (Å²) < 4.78 is 0. The molecule has 3 aromatic rings. The molecule has 0 aliphatic heterocycles.